The van der Waals surface area contributed by atoms with E-state index in [1.807, 2.05) is 0 Å². The number of benzene rings is 2. The van der Waals surface area contributed by atoms with E-state index in [0.29, 0.717) is 35.3 Å². The molecule has 8 heteroatoms. The summed E-state index contributed by atoms with van der Waals surface area (Å²) in [5.74, 6) is -1.57. The molecule has 1 fully saturated rings. The van der Waals surface area contributed by atoms with Crippen molar-refractivity contribution < 1.29 is 23.1 Å². The van der Waals surface area contributed by atoms with Crippen molar-refractivity contribution in [3.8, 4) is 0 Å². The fourth-order valence-corrected chi connectivity index (χ4v) is 4.69. The first-order valence-electron chi connectivity index (χ1n) is 8.49. The van der Waals surface area contributed by atoms with Gasteiger partial charge in [0.1, 0.15) is 0 Å². The van der Waals surface area contributed by atoms with E-state index in [1.165, 1.54) is 10.4 Å². The van der Waals surface area contributed by atoms with Crippen molar-refractivity contribution in [2.24, 2.45) is 0 Å². The van der Waals surface area contributed by atoms with Crippen molar-refractivity contribution >= 4 is 27.6 Å². The normalized spacial score (nSPS) is 16.7. The Hall–Kier alpha value is -2.87. The summed E-state index contributed by atoms with van der Waals surface area (Å²) < 4.78 is 25.4. The molecule has 0 aromatic heterocycles. The second-order valence-electron chi connectivity index (χ2n) is 6.40. The monoisotopic (exact) mass is 388 g/mol. The Morgan fingerprint density at radius 1 is 1.15 bits per heavy atom. The molecule has 27 heavy (non-hydrogen) atoms. The van der Waals surface area contributed by atoms with Gasteiger partial charge < -0.3 is 10.4 Å². The number of carbonyl (C=O) groups excluding carboxylic acids is 1. The van der Waals surface area contributed by atoms with E-state index in [1.54, 1.807) is 49.4 Å². The Kier molecular flexibility index (Phi) is 5.18. The number of hydrogen-bond donors (Lipinski definition) is 2. The number of carboxylic acids is 1. The topological polar surface area (TPSA) is 104 Å². The molecule has 1 unspecified atom stereocenters. The summed E-state index contributed by atoms with van der Waals surface area (Å²) in [4.78, 5) is 24.2. The van der Waals surface area contributed by atoms with Crippen LogP contribution in [0, 0.1) is 6.92 Å². The van der Waals surface area contributed by atoms with E-state index in [2.05, 4.69) is 5.32 Å². The second kappa shape index (κ2) is 7.40. The number of rotatable bonds is 5. The van der Waals surface area contributed by atoms with E-state index >= 15 is 0 Å². The predicted octanol–water partition coefficient (Wildman–Crippen LogP) is 2.09. The molecule has 2 aromatic carbocycles. The highest BCUT2D eigenvalue weighted by molar-refractivity contribution is 7.93. The van der Waals surface area contributed by atoms with Crippen LogP contribution in [0.25, 0.3) is 0 Å². The smallest absolute Gasteiger partial charge is 0.330 e. The second-order valence-corrected chi connectivity index (χ2v) is 8.41. The van der Waals surface area contributed by atoms with E-state index in [-0.39, 0.29) is 5.75 Å². The Morgan fingerprint density at radius 2 is 1.85 bits per heavy atom. The summed E-state index contributed by atoms with van der Waals surface area (Å²) in [7, 11) is -3.30. The maximum absolute atomic E-state index is 12.6. The van der Waals surface area contributed by atoms with Gasteiger partial charge in [0.25, 0.3) is 5.91 Å². The van der Waals surface area contributed by atoms with E-state index in [4.69, 9.17) is 0 Å². The standard InChI is InChI=1S/C19H20N2O5S/c1-13-12-15(21-10-5-11-27(21,25)26)8-9-16(13)18(22)20-17(19(23)24)14-6-3-2-4-7-14/h2-4,6-9,12,17H,5,10-11H2,1H3,(H,20,22)(H,23,24). The number of carbonyl (C=O) groups is 2. The highest BCUT2D eigenvalue weighted by Crippen LogP contribution is 2.26. The molecule has 1 aliphatic heterocycles. The van der Waals surface area contributed by atoms with Crippen LogP contribution < -0.4 is 9.62 Å². The summed E-state index contributed by atoms with van der Waals surface area (Å²) in [6, 6.07) is 12.0. The number of aryl methyl sites for hydroxylation is 1. The van der Waals surface area contributed by atoms with Gasteiger partial charge in [-0.3, -0.25) is 9.10 Å². The Bertz CT molecular complexity index is 973. The van der Waals surface area contributed by atoms with Gasteiger partial charge in [0.2, 0.25) is 10.0 Å². The minimum Gasteiger partial charge on any atom is -0.479 e. The first-order chi connectivity index (χ1) is 12.8. The summed E-state index contributed by atoms with van der Waals surface area (Å²) in [5, 5.41) is 12.0. The number of sulfonamides is 1. The van der Waals surface area contributed by atoms with Crippen LogP contribution in [0.5, 0.6) is 0 Å². The van der Waals surface area contributed by atoms with Crippen LogP contribution >= 0.6 is 0 Å². The zero-order valence-corrected chi connectivity index (χ0v) is 15.6. The van der Waals surface area contributed by atoms with Crippen LogP contribution in [0.3, 0.4) is 0 Å². The molecule has 2 aromatic rings. The van der Waals surface area contributed by atoms with Gasteiger partial charge in [-0.25, -0.2) is 13.2 Å². The van der Waals surface area contributed by atoms with Crippen molar-refractivity contribution in [1.82, 2.24) is 5.32 Å². The number of hydrogen-bond acceptors (Lipinski definition) is 4. The molecule has 3 rings (SSSR count). The molecule has 0 spiro atoms. The van der Waals surface area contributed by atoms with Crippen LogP contribution in [0.4, 0.5) is 5.69 Å². The number of anilines is 1. The fourth-order valence-electron chi connectivity index (χ4n) is 3.13. The number of amides is 1. The lowest BCUT2D eigenvalue weighted by Crippen LogP contribution is -2.34. The molecule has 1 heterocycles. The number of nitrogens with zero attached hydrogens (tertiary/aromatic N) is 1. The average molecular weight is 388 g/mol. The maximum Gasteiger partial charge on any atom is 0.330 e. The molecule has 1 amide bonds. The summed E-state index contributed by atoms with van der Waals surface area (Å²) in [6.07, 6.45) is 0.570. The van der Waals surface area contributed by atoms with Gasteiger partial charge >= 0.3 is 5.97 Å². The third kappa shape index (κ3) is 3.95. The molecule has 7 nitrogen and oxygen atoms in total. The van der Waals surface area contributed by atoms with Crippen LogP contribution in [0.15, 0.2) is 48.5 Å². The number of aliphatic carboxylic acids is 1. The molecule has 0 saturated carbocycles. The fraction of sp³-hybridized carbons (Fsp3) is 0.263. The molecule has 142 valence electrons. The lowest BCUT2D eigenvalue weighted by atomic mass is 10.0. The molecular formula is C19H20N2O5S. The predicted molar refractivity (Wildman–Crippen MR) is 101 cm³/mol. The van der Waals surface area contributed by atoms with E-state index in [9.17, 15) is 23.1 Å². The van der Waals surface area contributed by atoms with Crippen molar-refractivity contribution in [3.63, 3.8) is 0 Å². The van der Waals surface area contributed by atoms with Crippen molar-refractivity contribution in [2.75, 3.05) is 16.6 Å². The van der Waals surface area contributed by atoms with Crippen molar-refractivity contribution in [1.29, 1.82) is 0 Å². The summed E-state index contributed by atoms with van der Waals surface area (Å²) in [6.45, 7) is 2.11. The Balaban J connectivity index is 1.83. The third-order valence-electron chi connectivity index (χ3n) is 4.50. The highest BCUT2D eigenvalue weighted by atomic mass is 32.2. The average Bonchev–Trinajstić information content (AvgIpc) is 2.99. The van der Waals surface area contributed by atoms with Gasteiger partial charge in [0.05, 0.1) is 11.4 Å². The Morgan fingerprint density at radius 3 is 2.41 bits per heavy atom. The maximum atomic E-state index is 12.6. The lowest BCUT2D eigenvalue weighted by Gasteiger charge is -2.19. The van der Waals surface area contributed by atoms with Crippen LogP contribution in [0.1, 0.15) is 33.9 Å². The molecule has 2 N–H and O–H groups in total. The Labute approximate surface area is 157 Å². The van der Waals surface area contributed by atoms with Gasteiger partial charge in [-0.15, -0.1) is 0 Å². The molecule has 0 aliphatic carbocycles. The van der Waals surface area contributed by atoms with Gasteiger partial charge in [0, 0.05) is 12.1 Å². The van der Waals surface area contributed by atoms with E-state index < -0.39 is 27.9 Å². The largest absolute Gasteiger partial charge is 0.479 e. The first kappa shape index (κ1) is 18.9. The first-order valence-corrected chi connectivity index (χ1v) is 10.1. The SMILES string of the molecule is Cc1cc(N2CCCS2(=O)=O)ccc1C(=O)NC(C(=O)O)c1ccccc1. The lowest BCUT2D eigenvalue weighted by molar-refractivity contribution is -0.139. The zero-order chi connectivity index (χ0) is 19.6. The molecular weight excluding hydrogens is 368 g/mol. The van der Waals surface area contributed by atoms with Crippen molar-refractivity contribution in [2.45, 2.75) is 19.4 Å². The van der Waals surface area contributed by atoms with Crippen LogP contribution in [-0.4, -0.2) is 37.7 Å². The quantitative estimate of drug-likeness (QED) is 0.816. The van der Waals surface area contributed by atoms with Crippen LogP contribution in [-0.2, 0) is 14.8 Å². The minimum atomic E-state index is -3.30. The minimum absolute atomic E-state index is 0.117. The van der Waals surface area contributed by atoms with Gasteiger partial charge in [-0.2, -0.15) is 0 Å². The molecule has 0 bridgehead atoms. The van der Waals surface area contributed by atoms with Crippen LogP contribution in [0.2, 0.25) is 0 Å². The van der Waals surface area contributed by atoms with E-state index in [0.717, 1.165) is 0 Å². The zero-order valence-electron chi connectivity index (χ0n) is 14.8. The summed E-state index contributed by atoms with van der Waals surface area (Å²) >= 11 is 0. The summed E-state index contributed by atoms with van der Waals surface area (Å²) in [5.41, 5.74) is 1.86. The molecule has 1 saturated heterocycles. The number of nitrogens with one attached hydrogen (secondary N) is 1. The molecule has 0 radical (unpaired) electrons. The van der Waals surface area contributed by atoms with Gasteiger partial charge in [-0.05, 0) is 42.7 Å². The van der Waals surface area contributed by atoms with Gasteiger partial charge in [-0.1, -0.05) is 30.3 Å². The molecule has 1 atom stereocenters. The number of carboxylic acid groups (broad SMARTS) is 1. The molecule has 1 aliphatic rings. The van der Waals surface area contributed by atoms with Gasteiger partial charge in [0.15, 0.2) is 6.04 Å². The van der Waals surface area contributed by atoms with Crippen molar-refractivity contribution in [3.05, 3.63) is 65.2 Å². The third-order valence-corrected chi connectivity index (χ3v) is 6.37. The highest BCUT2D eigenvalue weighted by Gasteiger charge is 2.29.